The molecule has 0 unspecified atom stereocenters. The van der Waals surface area contributed by atoms with Gasteiger partial charge in [0.2, 0.25) is 5.91 Å². The summed E-state index contributed by atoms with van der Waals surface area (Å²) in [4.78, 5) is 16.1. The van der Waals surface area contributed by atoms with Gasteiger partial charge >= 0.3 is 0 Å². The zero-order valence-electron chi connectivity index (χ0n) is 17.6. The first-order chi connectivity index (χ1) is 14.0. The van der Waals surface area contributed by atoms with E-state index in [2.05, 4.69) is 30.2 Å². The second-order valence-electron chi connectivity index (χ2n) is 7.69. The molecule has 1 amide bonds. The fourth-order valence-corrected chi connectivity index (χ4v) is 3.62. The molecule has 0 aliphatic rings. The van der Waals surface area contributed by atoms with E-state index in [4.69, 9.17) is 9.47 Å². The summed E-state index contributed by atoms with van der Waals surface area (Å²) in [7, 11) is 3.25. The number of ether oxygens (including phenoxy) is 2. The fourth-order valence-electron chi connectivity index (χ4n) is 3.62. The summed E-state index contributed by atoms with van der Waals surface area (Å²) in [6, 6.07) is 14.0. The summed E-state index contributed by atoms with van der Waals surface area (Å²) >= 11 is 0. The van der Waals surface area contributed by atoms with Crippen molar-refractivity contribution >= 4 is 16.8 Å². The lowest BCUT2D eigenvalue weighted by Crippen LogP contribution is -2.27. The number of amides is 1. The predicted molar refractivity (Wildman–Crippen MR) is 117 cm³/mol. The average molecular weight is 395 g/mol. The monoisotopic (exact) mass is 394 g/mol. The van der Waals surface area contributed by atoms with E-state index >= 15 is 0 Å². The van der Waals surface area contributed by atoms with Gasteiger partial charge in [0.1, 0.15) is 0 Å². The number of fused-ring (bicyclic) bond motifs is 1. The van der Waals surface area contributed by atoms with Crippen molar-refractivity contribution in [2.24, 2.45) is 5.92 Å². The van der Waals surface area contributed by atoms with E-state index in [1.54, 1.807) is 14.2 Å². The number of methoxy groups -OCH3 is 2. The van der Waals surface area contributed by atoms with Gasteiger partial charge in [-0.1, -0.05) is 38.1 Å². The van der Waals surface area contributed by atoms with Crippen LogP contribution in [-0.2, 0) is 4.79 Å². The van der Waals surface area contributed by atoms with Gasteiger partial charge < -0.3 is 19.8 Å². The standard InChI is InChI=1S/C24H30N2O3/c1-16(2)11-12-25-24(27)14-19(17-9-10-22(28-3)23(13-17)29-4)20-15-26-21-8-6-5-7-18(20)21/h5-10,13,15-16,19,26H,11-12,14H2,1-4H3,(H,25,27)/t19-/m0/s1. The number of aromatic amines is 1. The number of carbonyl (C=O) groups excluding carboxylic acids is 1. The Morgan fingerprint density at radius 2 is 1.83 bits per heavy atom. The van der Waals surface area contributed by atoms with Crippen LogP contribution in [0.4, 0.5) is 0 Å². The largest absolute Gasteiger partial charge is 0.493 e. The lowest BCUT2D eigenvalue weighted by atomic mass is 9.87. The number of hydrogen-bond donors (Lipinski definition) is 2. The highest BCUT2D eigenvalue weighted by atomic mass is 16.5. The topological polar surface area (TPSA) is 63.3 Å². The molecular weight excluding hydrogens is 364 g/mol. The molecule has 2 N–H and O–H groups in total. The number of hydrogen-bond acceptors (Lipinski definition) is 3. The van der Waals surface area contributed by atoms with Crippen LogP contribution in [-0.4, -0.2) is 31.7 Å². The first kappa shape index (κ1) is 20.8. The van der Waals surface area contributed by atoms with Gasteiger partial charge in [-0.25, -0.2) is 0 Å². The molecular formula is C24H30N2O3. The van der Waals surface area contributed by atoms with E-state index in [-0.39, 0.29) is 11.8 Å². The molecule has 0 aliphatic carbocycles. The molecule has 0 spiro atoms. The van der Waals surface area contributed by atoms with Crippen LogP contribution in [0.3, 0.4) is 0 Å². The molecule has 5 nitrogen and oxygen atoms in total. The van der Waals surface area contributed by atoms with E-state index in [1.165, 1.54) is 0 Å². The van der Waals surface area contributed by atoms with Crippen LogP contribution < -0.4 is 14.8 Å². The van der Waals surface area contributed by atoms with E-state index < -0.39 is 0 Å². The third kappa shape index (κ3) is 4.91. The van der Waals surface area contributed by atoms with Crippen molar-refractivity contribution in [1.29, 1.82) is 0 Å². The Hall–Kier alpha value is -2.95. The van der Waals surface area contributed by atoms with Crippen LogP contribution in [0.5, 0.6) is 11.5 Å². The molecule has 1 heterocycles. The quantitative estimate of drug-likeness (QED) is 0.544. The lowest BCUT2D eigenvalue weighted by Gasteiger charge is -2.19. The Morgan fingerprint density at radius 3 is 2.55 bits per heavy atom. The van der Waals surface area contributed by atoms with Gasteiger partial charge in [0.15, 0.2) is 11.5 Å². The van der Waals surface area contributed by atoms with Crippen molar-refractivity contribution in [1.82, 2.24) is 10.3 Å². The average Bonchev–Trinajstić information content (AvgIpc) is 3.15. The molecule has 0 saturated carbocycles. The number of carbonyl (C=O) groups is 1. The van der Waals surface area contributed by atoms with Crippen molar-refractivity contribution in [3.05, 3.63) is 59.8 Å². The fraction of sp³-hybridized carbons (Fsp3) is 0.375. The Bertz CT molecular complexity index is 962. The summed E-state index contributed by atoms with van der Waals surface area (Å²) in [5.74, 6) is 1.86. The number of rotatable bonds is 9. The summed E-state index contributed by atoms with van der Waals surface area (Å²) in [5.41, 5.74) is 3.19. The third-order valence-electron chi connectivity index (χ3n) is 5.24. The van der Waals surface area contributed by atoms with E-state index in [1.807, 2.05) is 42.6 Å². The highest BCUT2D eigenvalue weighted by Gasteiger charge is 2.22. The second-order valence-corrected chi connectivity index (χ2v) is 7.69. The molecule has 3 rings (SSSR count). The minimum Gasteiger partial charge on any atom is -0.493 e. The van der Waals surface area contributed by atoms with Gasteiger partial charge in [-0.2, -0.15) is 0 Å². The maximum Gasteiger partial charge on any atom is 0.220 e. The SMILES string of the molecule is COc1ccc([C@H](CC(=O)NCCC(C)C)c2c[nH]c3ccccc23)cc1OC. The van der Waals surface area contributed by atoms with Crippen LogP contribution in [0.2, 0.25) is 0 Å². The molecule has 2 aromatic carbocycles. The molecule has 0 fully saturated rings. The molecule has 3 aromatic rings. The third-order valence-corrected chi connectivity index (χ3v) is 5.24. The molecule has 0 saturated heterocycles. The molecule has 29 heavy (non-hydrogen) atoms. The minimum absolute atomic E-state index is 0.0516. The molecule has 154 valence electrons. The highest BCUT2D eigenvalue weighted by Crippen LogP contribution is 2.37. The maximum atomic E-state index is 12.7. The minimum atomic E-state index is -0.0926. The normalized spacial score (nSPS) is 12.2. The zero-order valence-corrected chi connectivity index (χ0v) is 17.6. The summed E-state index contributed by atoms with van der Waals surface area (Å²) in [6.45, 7) is 5.01. The predicted octanol–water partition coefficient (Wildman–Crippen LogP) is 4.87. The number of para-hydroxylation sites is 1. The summed E-state index contributed by atoms with van der Waals surface area (Å²) in [5, 5.41) is 4.20. The summed E-state index contributed by atoms with van der Waals surface area (Å²) in [6.07, 6.45) is 3.35. The van der Waals surface area contributed by atoms with Gasteiger partial charge in [0, 0.05) is 36.0 Å². The van der Waals surface area contributed by atoms with E-state index in [0.717, 1.165) is 28.5 Å². The van der Waals surface area contributed by atoms with E-state index in [9.17, 15) is 4.79 Å². The molecule has 1 atom stereocenters. The van der Waals surface area contributed by atoms with Crippen molar-refractivity contribution in [3.8, 4) is 11.5 Å². The highest BCUT2D eigenvalue weighted by molar-refractivity contribution is 5.86. The molecule has 0 bridgehead atoms. The number of aromatic nitrogens is 1. The van der Waals surface area contributed by atoms with Gasteiger partial charge in [-0.05, 0) is 41.7 Å². The van der Waals surface area contributed by atoms with Crippen LogP contribution in [0.15, 0.2) is 48.7 Å². The van der Waals surface area contributed by atoms with Gasteiger partial charge in [-0.15, -0.1) is 0 Å². The Morgan fingerprint density at radius 1 is 1.07 bits per heavy atom. The number of H-pyrrole nitrogens is 1. The van der Waals surface area contributed by atoms with Crippen molar-refractivity contribution in [2.45, 2.75) is 32.6 Å². The molecule has 0 radical (unpaired) electrons. The zero-order chi connectivity index (χ0) is 20.8. The number of benzene rings is 2. The first-order valence-corrected chi connectivity index (χ1v) is 10.1. The van der Waals surface area contributed by atoms with Gasteiger partial charge in [-0.3, -0.25) is 4.79 Å². The first-order valence-electron chi connectivity index (χ1n) is 10.1. The Balaban J connectivity index is 1.95. The number of nitrogens with one attached hydrogen (secondary N) is 2. The smallest absolute Gasteiger partial charge is 0.220 e. The summed E-state index contributed by atoms with van der Waals surface area (Å²) < 4.78 is 10.9. The lowest BCUT2D eigenvalue weighted by molar-refractivity contribution is -0.121. The van der Waals surface area contributed by atoms with Crippen molar-refractivity contribution in [2.75, 3.05) is 20.8 Å². The molecule has 0 aliphatic heterocycles. The van der Waals surface area contributed by atoms with Crippen molar-refractivity contribution in [3.63, 3.8) is 0 Å². The maximum absolute atomic E-state index is 12.7. The Labute approximate surface area is 172 Å². The van der Waals surface area contributed by atoms with Crippen LogP contribution in [0.25, 0.3) is 10.9 Å². The molecule has 1 aromatic heterocycles. The van der Waals surface area contributed by atoms with Gasteiger partial charge in [0.25, 0.3) is 0 Å². The second kappa shape index (κ2) is 9.50. The van der Waals surface area contributed by atoms with Crippen LogP contribution in [0.1, 0.15) is 43.7 Å². The molecule has 5 heteroatoms. The van der Waals surface area contributed by atoms with E-state index in [0.29, 0.717) is 30.4 Å². The van der Waals surface area contributed by atoms with Crippen LogP contribution in [0, 0.1) is 5.92 Å². The van der Waals surface area contributed by atoms with Crippen LogP contribution >= 0.6 is 0 Å². The van der Waals surface area contributed by atoms with Gasteiger partial charge in [0.05, 0.1) is 14.2 Å². The van der Waals surface area contributed by atoms with Crippen molar-refractivity contribution < 1.29 is 14.3 Å². The Kier molecular flexibility index (Phi) is 6.81.